The smallest absolute Gasteiger partial charge is 0.201 e. The van der Waals surface area contributed by atoms with Crippen LogP contribution in [0.4, 0.5) is 8.78 Å². The van der Waals surface area contributed by atoms with Crippen molar-refractivity contribution in [1.82, 2.24) is 0 Å². The van der Waals surface area contributed by atoms with Gasteiger partial charge in [0.25, 0.3) is 0 Å². The molecule has 0 heterocycles. The number of rotatable bonds is 13. The molecule has 0 atom stereocenters. The Kier molecular flexibility index (Phi) is 9.93. The number of hydrogen-bond donors (Lipinski definition) is 0. The highest BCUT2D eigenvalue weighted by atomic mass is 19.2. The van der Waals surface area contributed by atoms with Gasteiger partial charge < -0.3 is 4.74 Å². The number of ether oxygens (including phenoxy) is 1. The van der Waals surface area contributed by atoms with E-state index < -0.39 is 11.6 Å². The third-order valence-electron chi connectivity index (χ3n) is 6.10. The minimum Gasteiger partial charge on any atom is -0.490 e. The predicted octanol–water partition coefficient (Wildman–Crippen LogP) is 9.38. The summed E-state index contributed by atoms with van der Waals surface area (Å²) < 4.78 is 35.3. The zero-order valence-corrected chi connectivity index (χ0v) is 20.0. The summed E-state index contributed by atoms with van der Waals surface area (Å²) in [5, 5.41) is 0. The van der Waals surface area contributed by atoms with Crippen LogP contribution in [0.25, 0.3) is 22.3 Å². The number of hydrogen-bond acceptors (Lipinski definition) is 1. The van der Waals surface area contributed by atoms with Gasteiger partial charge >= 0.3 is 0 Å². The number of unbranched alkanes of at least 4 members (excludes halogenated alkanes) is 6. The summed E-state index contributed by atoms with van der Waals surface area (Å²) in [4.78, 5) is 0. The van der Waals surface area contributed by atoms with Crippen molar-refractivity contribution < 1.29 is 13.5 Å². The molecular formula is C30H36F2O. The molecule has 176 valence electrons. The third kappa shape index (κ3) is 6.90. The molecule has 0 N–H and O–H groups in total. The molecule has 0 saturated heterocycles. The van der Waals surface area contributed by atoms with Gasteiger partial charge in [-0.25, -0.2) is 4.39 Å². The van der Waals surface area contributed by atoms with Crippen LogP contribution >= 0.6 is 0 Å². The molecule has 0 amide bonds. The second-order valence-corrected chi connectivity index (χ2v) is 8.70. The van der Waals surface area contributed by atoms with Crippen molar-refractivity contribution in [2.45, 2.75) is 71.6 Å². The summed E-state index contributed by atoms with van der Waals surface area (Å²) in [7, 11) is 0. The standard InChI is InChI=1S/C30H36F2O/c1-3-5-7-8-9-13-23-16-18-24(19-17-23)25-14-10-11-15-26(25)27-20-21-28(30(32)29(27)31)33-22-12-6-4-2/h10-11,14-21H,3-9,12-13,22H2,1-2H3. The Morgan fingerprint density at radius 3 is 2.00 bits per heavy atom. The quantitative estimate of drug-likeness (QED) is 0.236. The molecule has 0 fully saturated rings. The van der Waals surface area contributed by atoms with Gasteiger partial charge in [-0.15, -0.1) is 0 Å². The van der Waals surface area contributed by atoms with E-state index in [2.05, 4.69) is 38.1 Å². The van der Waals surface area contributed by atoms with E-state index in [4.69, 9.17) is 4.74 Å². The van der Waals surface area contributed by atoms with Crippen molar-refractivity contribution in [3.8, 4) is 28.0 Å². The minimum atomic E-state index is -0.919. The molecule has 0 aliphatic heterocycles. The molecule has 0 aliphatic carbocycles. The van der Waals surface area contributed by atoms with E-state index in [0.29, 0.717) is 12.2 Å². The van der Waals surface area contributed by atoms with Crippen LogP contribution in [-0.4, -0.2) is 6.61 Å². The Morgan fingerprint density at radius 1 is 0.606 bits per heavy atom. The van der Waals surface area contributed by atoms with E-state index in [9.17, 15) is 4.39 Å². The first kappa shape index (κ1) is 25.0. The predicted molar refractivity (Wildman–Crippen MR) is 135 cm³/mol. The van der Waals surface area contributed by atoms with E-state index in [0.717, 1.165) is 36.8 Å². The van der Waals surface area contributed by atoms with Crippen LogP contribution < -0.4 is 4.74 Å². The molecule has 33 heavy (non-hydrogen) atoms. The van der Waals surface area contributed by atoms with Crippen LogP contribution in [0.15, 0.2) is 60.7 Å². The summed E-state index contributed by atoms with van der Waals surface area (Å²) in [6.07, 6.45) is 10.3. The highest BCUT2D eigenvalue weighted by Gasteiger charge is 2.18. The second-order valence-electron chi connectivity index (χ2n) is 8.70. The van der Waals surface area contributed by atoms with E-state index in [1.807, 2.05) is 24.3 Å². The van der Waals surface area contributed by atoms with Gasteiger partial charge in [0.15, 0.2) is 11.6 Å². The zero-order chi connectivity index (χ0) is 23.5. The van der Waals surface area contributed by atoms with Gasteiger partial charge in [0.05, 0.1) is 6.61 Å². The highest BCUT2D eigenvalue weighted by molar-refractivity contribution is 5.84. The second kappa shape index (κ2) is 13.1. The molecule has 0 radical (unpaired) electrons. The normalized spacial score (nSPS) is 11.0. The van der Waals surface area contributed by atoms with E-state index in [1.165, 1.54) is 43.7 Å². The van der Waals surface area contributed by atoms with Gasteiger partial charge in [-0.05, 0) is 53.6 Å². The van der Waals surface area contributed by atoms with Crippen molar-refractivity contribution in [3.63, 3.8) is 0 Å². The van der Waals surface area contributed by atoms with Gasteiger partial charge in [-0.3, -0.25) is 0 Å². The number of halogens is 2. The fraction of sp³-hybridized carbons (Fsp3) is 0.400. The maximum absolute atomic E-state index is 15.1. The van der Waals surface area contributed by atoms with Gasteiger partial charge in [-0.2, -0.15) is 4.39 Å². The molecule has 3 heteroatoms. The van der Waals surface area contributed by atoms with Gasteiger partial charge in [-0.1, -0.05) is 101 Å². The Hall–Kier alpha value is -2.68. The van der Waals surface area contributed by atoms with Gasteiger partial charge in [0, 0.05) is 5.56 Å². The first-order valence-corrected chi connectivity index (χ1v) is 12.4. The fourth-order valence-corrected chi connectivity index (χ4v) is 4.14. The summed E-state index contributed by atoms with van der Waals surface area (Å²) >= 11 is 0. The van der Waals surface area contributed by atoms with Gasteiger partial charge in [0.2, 0.25) is 5.82 Å². The minimum absolute atomic E-state index is 0.0203. The highest BCUT2D eigenvalue weighted by Crippen LogP contribution is 2.36. The van der Waals surface area contributed by atoms with Crippen LogP contribution in [-0.2, 0) is 6.42 Å². The molecule has 1 nitrogen and oxygen atoms in total. The summed E-state index contributed by atoms with van der Waals surface area (Å²) in [6.45, 7) is 4.72. The Balaban J connectivity index is 1.77. The first-order valence-electron chi connectivity index (χ1n) is 12.4. The largest absolute Gasteiger partial charge is 0.490 e. The van der Waals surface area contributed by atoms with E-state index in [1.54, 1.807) is 6.07 Å². The van der Waals surface area contributed by atoms with Crippen molar-refractivity contribution in [3.05, 3.63) is 77.9 Å². The monoisotopic (exact) mass is 450 g/mol. The molecule has 0 saturated carbocycles. The van der Waals surface area contributed by atoms with Crippen LogP contribution in [0.5, 0.6) is 5.75 Å². The SMILES string of the molecule is CCCCCCCc1ccc(-c2ccccc2-c2ccc(OCCCCC)c(F)c2F)cc1. The maximum Gasteiger partial charge on any atom is 0.201 e. The number of benzene rings is 3. The average Bonchev–Trinajstić information content (AvgIpc) is 2.85. The van der Waals surface area contributed by atoms with E-state index in [-0.39, 0.29) is 11.3 Å². The fourth-order valence-electron chi connectivity index (χ4n) is 4.14. The maximum atomic E-state index is 15.1. The lowest BCUT2D eigenvalue weighted by molar-refractivity contribution is 0.286. The number of aryl methyl sites for hydroxylation is 1. The third-order valence-corrected chi connectivity index (χ3v) is 6.10. The Labute approximate surface area is 197 Å². The van der Waals surface area contributed by atoms with Crippen molar-refractivity contribution in [2.24, 2.45) is 0 Å². The van der Waals surface area contributed by atoms with Crippen LogP contribution in [0.2, 0.25) is 0 Å². The molecule has 0 unspecified atom stereocenters. The van der Waals surface area contributed by atoms with E-state index >= 15 is 4.39 Å². The molecule has 3 rings (SSSR count). The zero-order valence-electron chi connectivity index (χ0n) is 20.0. The van der Waals surface area contributed by atoms with Crippen LogP contribution in [0.1, 0.15) is 70.8 Å². The van der Waals surface area contributed by atoms with Crippen molar-refractivity contribution in [2.75, 3.05) is 6.61 Å². The lowest BCUT2D eigenvalue weighted by atomic mass is 9.93. The van der Waals surface area contributed by atoms with Gasteiger partial charge in [0.1, 0.15) is 0 Å². The summed E-state index contributed by atoms with van der Waals surface area (Å²) in [5.74, 6) is -1.80. The summed E-state index contributed by atoms with van der Waals surface area (Å²) in [6, 6.07) is 19.2. The van der Waals surface area contributed by atoms with Crippen molar-refractivity contribution in [1.29, 1.82) is 0 Å². The Bertz CT molecular complexity index is 995. The molecule has 0 spiro atoms. The topological polar surface area (TPSA) is 9.23 Å². The summed E-state index contributed by atoms with van der Waals surface area (Å²) in [5.41, 5.74) is 4.14. The first-order chi connectivity index (χ1) is 16.2. The lowest BCUT2D eigenvalue weighted by Crippen LogP contribution is -2.02. The lowest BCUT2D eigenvalue weighted by Gasteiger charge is -2.14. The molecule has 3 aromatic rings. The Morgan fingerprint density at radius 2 is 1.27 bits per heavy atom. The average molecular weight is 451 g/mol. The van der Waals surface area contributed by atoms with Crippen molar-refractivity contribution >= 4 is 0 Å². The molecule has 3 aromatic carbocycles. The molecule has 0 aromatic heterocycles. The molecular weight excluding hydrogens is 414 g/mol. The molecule has 0 aliphatic rings. The van der Waals surface area contributed by atoms with Crippen LogP contribution in [0, 0.1) is 11.6 Å². The molecule has 0 bridgehead atoms. The van der Waals surface area contributed by atoms with Crippen LogP contribution in [0.3, 0.4) is 0 Å².